The van der Waals surface area contributed by atoms with Crippen LogP contribution in [0.15, 0.2) is 0 Å². The minimum absolute atomic E-state index is 0.275. The van der Waals surface area contributed by atoms with Crippen molar-refractivity contribution in [3.63, 3.8) is 0 Å². The van der Waals surface area contributed by atoms with E-state index in [-0.39, 0.29) is 6.61 Å². The van der Waals surface area contributed by atoms with Gasteiger partial charge in [-0.3, -0.25) is 0 Å². The highest BCUT2D eigenvalue weighted by molar-refractivity contribution is 4.97. The molecule has 3 saturated heterocycles. The zero-order valence-electron chi connectivity index (χ0n) is 11.1. The Morgan fingerprint density at radius 2 is 1.61 bits per heavy atom. The first-order chi connectivity index (χ1) is 8.27. The molecule has 0 unspecified atom stereocenters. The van der Waals surface area contributed by atoms with Crippen LogP contribution < -0.4 is 0 Å². The number of hydrogen-bond acceptors (Lipinski definition) is 6. The van der Waals surface area contributed by atoms with Crippen molar-refractivity contribution < 1.29 is 28.8 Å². The van der Waals surface area contributed by atoms with Crippen molar-refractivity contribution >= 4 is 0 Å². The minimum Gasteiger partial charge on any atom is -0.387 e. The van der Waals surface area contributed by atoms with Crippen LogP contribution in [0.2, 0.25) is 0 Å². The molecule has 0 aromatic heterocycles. The molecule has 3 rings (SSSR count). The van der Waals surface area contributed by atoms with E-state index < -0.39 is 42.3 Å². The van der Waals surface area contributed by atoms with Crippen molar-refractivity contribution in [2.24, 2.45) is 0 Å². The fraction of sp³-hybridized carbons (Fsp3) is 1.00. The van der Waals surface area contributed by atoms with Crippen molar-refractivity contribution in [3.05, 3.63) is 0 Å². The quantitative estimate of drug-likeness (QED) is 0.679. The first-order valence-electron chi connectivity index (χ1n) is 6.28. The van der Waals surface area contributed by atoms with E-state index in [1.807, 2.05) is 27.7 Å². The molecule has 0 aliphatic carbocycles. The monoisotopic (exact) mass is 260 g/mol. The van der Waals surface area contributed by atoms with Crippen LogP contribution in [0.25, 0.3) is 0 Å². The Labute approximate surface area is 106 Å². The number of fused-ring (bicyclic) bond motifs is 4. The number of hydrogen-bond donors (Lipinski definition) is 1. The number of ether oxygens (including phenoxy) is 5. The Hall–Kier alpha value is -0.240. The largest absolute Gasteiger partial charge is 0.387 e. The van der Waals surface area contributed by atoms with Gasteiger partial charge in [0.25, 0.3) is 0 Å². The lowest BCUT2D eigenvalue weighted by Gasteiger charge is -2.37. The summed E-state index contributed by atoms with van der Waals surface area (Å²) in [6.45, 7) is 7.55. The van der Waals surface area contributed by atoms with Gasteiger partial charge in [-0.05, 0) is 27.7 Å². The summed E-state index contributed by atoms with van der Waals surface area (Å²) < 4.78 is 28.5. The van der Waals surface area contributed by atoms with Crippen LogP contribution in [0.5, 0.6) is 0 Å². The Balaban J connectivity index is 1.88. The van der Waals surface area contributed by atoms with Crippen LogP contribution in [0, 0.1) is 0 Å². The molecule has 6 heteroatoms. The SMILES string of the molecule is CC1(C)OC[C@H]2O[C@@H](O1)[C@H]1OC(C)(C)O[C@@H]1[C@H]2O. The summed E-state index contributed by atoms with van der Waals surface area (Å²) in [6.07, 6.45) is -2.68. The average Bonchev–Trinajstić information content (AvgIpc) is 2.48. The average molecular weight is 260 g/mol. The Bertz CT molecular complexity index is 341. The highest BCUT2D eigenvalue weighted by atomic mass is 16.8. The Kier molecular flexibility index (Phi) is 2.75. The lowest BCUT2D eigenvalue weighted by Crippen LogP contribution is -2.57. The zero-order chi connectivity index (χ0) is 13.1. The fourth-order valence-corrected chi connectivity index (χ4v) is 2.66. The molecule has 2 bridgehead atoms. The molecule has 6 nitrogen and oxygen atoms in total. The first-order valence-corrected chi connectivity index (χ1v) is 6.28. The van der Waals surface area contributed by atoms with Crippen LogP contribution in [-0.2, 0) is 23.7 Å². The molecule has 1 N–H and O–H groups in total. The van der Waals surface area contributed by atoms with E-state index >= 15 is 0 Å². The number of rotatable bonds is 0. The smallest absolute Gasteiger partial charge is 0.190 e. The molecule has 3 fully saturated rings. The number of aliphatic hydroxyl groups excluding tert-OH is 1. The van der Waals surface area contributed by atoms with Gasteiger partial charge in [-0.2, -0.15) is 0 Å². The molecule has 5 atom stereocenters. The van der Waals surface area contributed by atoms with E-state index in [0.717, 1.165) is 0 Å². The van der Waals surface area contributed by atoms with Crippen LogP contribution >= 0.6 is 0 Å². The van der Waals surface area contributed by atoms with Gasteiger partial charge in [0.2, 0.25) is 0 Å². The topological polar surface area (TPSA) is 66.4 Å². The lowest BCUT2D eigenvalue weighted by atomic mass is 9.99. The predicted molar refractivity (Wildman–Crippen MR) is 59.6 cm³/mol. The maximum absolute atomic E-state index is 10.3. The van der Waals surface area contributed by atoms with Gasteiger partial charge in [-0.15, -0.1) is 0 Å². The van der Waals surface area contributed by atoms with E-state index in [9.17, 15) is 5.11 Å². The van der Waals surface area contributed by atoms with Crippen molar-refractivity contribution in [3.8, 4) is 0 Å². The van der Waals surface area contributed by atoms with Gasteiger partial charge >= 0.3 is 0 Å². The van der Waals surface area contributed by atoms with Crippen LogP contribution in [0.3, 0.4) is 0 Å². The molecule has 3 aliphatic rings. The molecule has 104 valence electrons. The molecular weight excluding hydrogens is 240 g/mol. The maximum atomic E-state index is 10.3. The summed E-state index contributed by atoms with van der Waals surface area (Å²) in [7, 11) is 0. The van der Waals surface area contributed by atoms with Crippen LogP contribution in [-0.4, -0.2) is 54.0 Å². The van der Waals surface area contributed by atoms with E-state index in [1.54, 1.807) is 0 Å². The highest BCUT2D eigenvalue weighted by Crippen LogP contribution is 2.40. The van der Waals surface area contributed by atoms with Crippen molar-refractivity contribution in [1.82, 2.24) is 0 Å². The van der Waals surface area contributed by atoms with E-state index in [2.05, 4.69) is 0 Å². The van der Waals surface area contributed by atoms with Gasteiger partial charge in [-0.25, -0.2) is 0 Å². The standard InChI is InChI=1S/C12H20O6/c1-11(2)14-5-6-7(13)8-9(10(15-6)18-11)17-12(3,4)16-8/h6-10,13H,5H2,1-4H3/t6-,7+,8-,9+,10+/m1/s1. The van der Waals surface area contributed by atoms with Crippen LogP contribution in [0.4, 0.5) is 0 Å². The molecule has 18 heavy (non-hydrogen) atoms. The second-order valence-corrected chi connectivity index (χ2v) is 5.93. The van der Waals surface area contributed by atoms with Gasteiger partial charge < -0.3 is 28.8 Å². The van der Waals surface area contributed by atoms with Gasteiger partial charge in [0, 0.05) is 0 Å². The summed E-state index contributed by atoms with van der Waals surface area (Å²) in [4.78, 5) is 0. The molecule has 0 spiro atoms. The minimum atomic E-state index is -0.773. The first kappa shape index (κ1) is 12.8. The van der Waals surface area contributed by atoms with E-state index in [4.69, 9.17) is 23.7 Å². The van der Waals surface area contributed by atoms with Gasteiger partial charge in [0.1, 0.15) is 24.4 Å². The third kappa shape index (κ3) is 2.07. The second kappa shape index (κ2) is 3.88. The van der Waals surface area contributed by atoms with E-state index in [1.165, 1.54) is 0 Å². The molecule has 0 saturated carbocycles. The molecule has 0 aromatic rings. The number of aliphatic hydroxyl groups is 1. The third-order valence-electron chi connectivity index (χ3n) is 3.45. The molecule has 0 radical (unpaired) electrons. The van der Waals surface area contributed by atoms with Gasteiger partial charge in [0.15, 0.2) is 17.9 Å². The molecule has 3 aliphatic heterocycles. The molecular formula is C12H20O6. The Morgan fingerprint density at radius 3 is 2.33 bits per heavy atom. The van der Waals surface area contributed by atoms with Gasteiger partial charge in [0.05, 0.1) is 6.61 Å². The summed E-state index contributed by atoms with van der Waals surface area (Å²) in [5.41, 5.74) is 0. The maximum Gasteiger partial charge on any atom is 0.190 e. The van der Waals surface area contributed by atoms with Crippen LogP contribution in [0.1, 0.15) is 27.7 Å². The van der Waals surface area contributed by atoms with Crippen molar-refractivity contribution in [1.29, 1.82) is 0 Å². The van der Waals surface area contributed by atoms with E-state index in [0.29, 0.717) is 0 Å². The summed E-state index contributed by atoms with van der Waals surface area (Å²) >= 11 is 0. The normalized spacial score (nSPS) is 49.5. The zero-order valence-corrected chi connectivity index (χ0v) is 11.1. The lowest BCUT2D eigenvalue weighted by molar-refractivity contribution is -0.307. The summed E-state index contributed by atoms with van der Waals surface area (Å²) in [5.74, 6) is -1.50. The fourth-order valence-electron chi connectivity index (χ4n) is 2.66. The van der Waals surface area contributed by atoms with Gasteiger partial charge in [-0.1, -0.05) is 0 Å². The third-order valence-corrected chi connectivity index (χ3v) is 3.45. The second-order valence-electron chi connectivity index (χ2n) is 5.93. The summed E-state index contributed by atoms with van der Waals surface area (Å²) in [5, 5.41) is 10.3. The van der Waals surface area contributed by atoms with Crippen molar-refractivity contribution in [2.45, 2.75) is 70.0 Å². The molecule has 0 amide bonds. The Morgan fingerprint density at radius 1 is 0.944 bits per heavy atom. The molecule has 0 aromatic carbocycles. The molecule has 3 heterocycles. The predicted octanol–water partition coefficient (Wildman–Crippen LogP) is 0.375. The summed E-state index contributed by atoms with van der Waals surface area (Å²) in [6, 6.07) is 0. The van der Waals surface area contributed by atoms with Crippen molar-refractivity contribution in [2.75, 3.05) is 6.61 Å². The highest BCUT2D eigenvalue weighted by Gasteiger charge is 2.57.